The zero-order valence-corrected chi connectivity index (χ0v) is 6.82. The predicted molar refractivity (Wildman–Crippen MR) is 43.9 cm³/mol. The molecule has 0 spiro atoms. The van der Waals surface area contributed by atoms with Crippen molar-refractivity contribution in [3.63, 3.8) is 0 Å². The first kappa shape index (κ1) is 9.92. The van der Waals surface area contributed by atoms with Gasteiger partial charge in [0.1, 0.15) is 5.75 Å². The van der Waals surface area contributed by atoms with Crippen molar-refractivity contribution < 1.29 is 19.0 Å². The molecule has 0 saturated carbocycles. The van der Waals surface area contributed by atoms with E-state index in [-0.39, 0.29) is 11.3 Å². The third-order valence-electron chi connectivity index (χ3n) is 1.80. The van der Waals surface area contributed by atoms with Gasteiger partial charge < -0.3 is 10.2 Å². The highest BCUT2D eigenvalue weighted by Gasteiger charge is 2.21. The standard InChI is InChI=1S/C9H10F2O2/c10-9(11)8(5-12)6-2-1-3-7(13)4-6/h1-4,8-9,12-13H,5H2. The summed E-state index contributed by atoms with van der Waals surface area (Å²) in [4.78, 5) is 0. The number of aliphatic hydroxyl groups excluding tert-OH is 1. The fourth-order valence-corrected chi connectivity index (χ4v) is 1.09. The van der Waals surface area contributed by atoms with Crippen LogP contribution < -0.4 is 0 Å². The molecule has 0 aliphatic heterocycles. The Morgan fingerprint density at radius 1 is 1.31 bits per heavy atom. The molecule has 2 nitrogen and oxygen atoms in total. The highest BCUT2D eigenvalue weighted by Crippen LogP contribution is 2.25. The van der Waals surface area contributed by atoms with E-state index in [0.717, 1.165) is 0 Å². The Bertz CT molecular complexity index is 276. The van der Waals surface area contributed by atoms with Crippen molar-refractivity contribution in [2.45, 2.75) is 12.3 Å². The van der Waals surface area contributed by atoms with Crippen LogP contribution in [0.15, 0.2) is 24.3 Å². The van der Waals surface area contributed by atoms with Gasteiger partial charge in [-0.1, -0.05) is 12.1 Å². The van der Waals surface area contributed by atoms with Crippen molar-refractivity contribution in [2.75, 3.05) is 6.61 Å². The lowest BCUT2D eigenvalue weighted by molar-refractivity contribution is 0.0810. The molecule has 1 aromatic rings. The molecule has 2 N–H and O–H groups in total. The van der Waals surface area contributed by atoms with Crippen LogP contribution in [0.4, 0.5) is 8.78 Å². The minimum absolute atomic E-state index is 0.0726. The van der Waals surface area contributed by atoms with Gasteiger partial charge in [-0.05, 0) is 17.7 Å². The number of alkyl halides is 2. The molecule has 1 aromatic carbocycles. The van der Waals surface area contributed by atoms with Crippen molar-refractivity contribution in [3.8, 4) is 5.75 Å². The fraction of sp³-hybridized carbons (Fsp3) is 0.333. The summed E-state index contributed by atoms with van der Waals surface area (Å²) in [5, 5.41) is 17.7. The van der Waals surface area contributed by atoms with Gasteiger partial charge in [-0.3, -0.25) is 0 Å². The SMILES string of the molecule is OCC(c1cccc(O)c1)C(F)F. The van der Waals surface area contributed by atoms with Crippen molar-refractivity contribution in [1.82, 2.24) is 0 Å². The van der Waals surface area contributed by atoms with Gasteiger partial charge in [-0.2, -0.15) is 0 Å². The van der Waals surface area contributed by atoms with Crippen LogP contribution in [0.3, 0.4) is 0 Å². The molecule has 13 heavy (non-hydrogen) atoms. The third kappa shape index (κ3) is 2.39. The second kappa shape index (κ2) is 4.18. The predicted octanol–water partition coefficient (Wildman–Crippen LogP) is 1.73. The van der Waals surface area contributed by atoms with Crippen molar-refractivity contribution in [1.29, 1.82) is 0 Å². The lowest BCUT2D eigenvalue weighted by Crippen LogP contribution is -2.13. The molecule has 1 atom stereocenters. The van der Waals surface area contributed by atoms with E-state index in [9.17, 15) is 8.78 Å². The average Bonchev–Trinajstić information content (AvgIpc) is 2.04. The maximum absolute atomic E-state index is 12.3. The molecule has 0 radical (unpaired) electrons. The van der Waals surface area contributed by atoms with Gasteiger partial charge in [0, 0.05) is 0 Å². The van der Waals surface area contributed by atoms with Crippen LogP contribution in [0.5, 0.6) is 5.75 Å². The number of hydrogen-bond donors (Lipinski definition) is 2. The maximum atomic E-state index is 12.3. The summed E-state index contributed by atoms with van der Waals surface area (Å²) in [5.74, 6) is -1.29. The van der Waals surface area contributed by atoms with Gasteiger partial charge in [0.15, 0.2) is 0 Å². The van der Waals surface area contributed by atoms with E-state index in [1.165, 1.54) is 24.3 Å². The Balaban J connectivity index is 2.91. The van der Waals surface area contributed by atoms with E-state index < -0.39 is 19.0 Å². The van der Waals surface area contributed by atoms with Crippen LogP contribution >= 0.6 is 0 Å². The van der Waals surface area contributed by atoms with Crippen LogP contribution in [0.2, 0.25) is 0 Å². The zero-order valence-electron chi connectivity index (χ0n) is 6.82. The van der Waals surface area contributed by atoms with Crippen molar-refractivity contribution >= 4 is 0 Å². The largest absolute Gasteiger partial charge is 0.508 e. The van der Waals surface area contributed by atoms with Gasteiger partial charge in [0.2, 0.25) is 6.43 Å². The molecule has 1 unspecified atom stereocenters. The van der Waals surface area contributed by atoms with Crippen molar-refractivity contribution in [2.24, 2.45) is 0 Å². The van der Waals surface area contributed by atoms with E-state index in [4.69, 9.17) is 10.2 Å². The van der Waals surface area contributed by atoms with Crippen LogP contribution in [-0.2, 0) is 0 Å². The minimum Gasteiger partial charge on any atom is -0.508 e. The first-order valence-electron chi connectivity index (χ1n) is 3.83. The molecule has 0 heterocycles. The van der Waals surface area contributed by atoms with Crippen LogP contribution in [0, 0.1) is 0 Å². The summed E-state index contributed by atoms with van der Waals surface area (Å²) < 4.78 is 24.6. The molecule has 0 aliphatic rings. The third-order valence-corrected chi connectivity index (χ3v) is 1.80. The van der Waals surface area contributed by atoms with E-state index in [1.54, 1.807) is 0 Å². The number of aliphatic hydroxyl groups is 1. The topological polar surface area (TPSA) is 40.5 Å². The first-order valence-corrected chi connectivity index (χ1v) is 3.83. The first-order chi connectivity index (χ1) is 6.15. The number of aromatic hydroxyl groups is 1. The molecule has 1 rings (SSSR count). The summed E-state index contributed by atoms with van der Waals surface area (Å²) >= 11 is 0. The maximum Gasteiger partial charge on any atom is 0.247 e. The fourth-order valence-electron chi connectivity index (χ4n) is 1.09. The molecular weight excluding hydrogens is 178 g/mol. The highest BCUT2D eigenvalue weighted by atomic mass is 19.3. The number of benzene rings is 1. The quantitative estimate of drug-likeness (QED) is 0.758. The molecule has 4 heteroatoms. The molecule has 0 amide bonds. The number of rotatable bonds is 3. The minimum atomic E-state index is -2.62. The average molecular weight is 188 g/mol. The van der Waals surface area contributed by atoms with Crippen LogP contribution in [0.25, 0.3) is 0 Å². The molecular formula is C9H10F2O2. The van der Waals surface area contributed by atoms with E-state index >= 15 is 0 Å². The Morgan fingerprint density at radius 3 is 2.46 bits per heavy atom. The molecule has 0 bridgehead atoms. The molecule has 0 aliphatic carbocycles. The molecule has 0 fully saturated rings. The summed E-state index contributed by atoms with van der Waals surface area (Å²) in [5.41, 5.74) is 0.248. The van der Waals surface area contributed by atoms with E-state index in [0.29, 0.717) is 0 Å². The number of halogens is 2. The lowest BCUT2D eigenvalue weighted by Gasteiger charge is -2.13. The van der Waals surface area contributed by atoms with Crippen LogP contribution in [0.1, 0.15) is 11.5 Å². The Kier molecular flexibility index (Phi) is 3.19. The summed E-state index contributed by atoms with van der Waals surface area (Å²) in [7, 11) is 0. The van der Waals surface area contributed by atoms with Gasteiger partial charge >= 0.3 is 0 Å². The highest BCUT2D eigenvalue weighted by molar-refractivity contribution is 5.30. The van der Waals surface area contributed by atoms with E-state index in [1.807, 2.05) is 0 Å². The monoisotopic (exact) mass is 188 g/mol. The Labute approximate surface area is 74.4 Å². The zero-order chi connectivity index (χ0) is 9.84. The second-order valence-electron chi connectivity index (χ2n) is 2.72. The lowest BCUT2D eigenvalue weighted by atomic mass is 10.0. The number of phenolic OH excluding ortho intramolecular Hbond substituents is 1. The smallest absolute Gasteiger partial charge is 0.247 e. The normalized spacial score (nSPS) is 13.2. The number of hydrogen-bond acceptors (Lipinski definition) is 2. The Hall–Kier alpha value is -1.16. The van der Waals surface area contributed by atoms with Crippen LogP contribution in [-0.4, -0.2) is 23.2 Å². The summed E-state index contributed by atoms with van der Waals surface area (Å²) in [6.45, 7) is -0.624. The second-order valence-corrected chi connectivity index (χ2v) is 2.72. The Morgan fingerprint density at radius 2 is 2.00 bits per heavy atom. The number of phenols is 1. The molecule has 72 valence electrons. The van der Waals surface area contributed by atoms with E-state index in [2.05, 4.69) is 0 Å². The molecule has 0 saturated heterocycles. The van der Waals surface area contributed by atoms with Crippen molar-refractivity contribution in [3.05, 3.63) is 29.8 Å². The van der Waals surface area contributed by atoms with Gasteiger partial charge in [-0.25, -0.2) is 8.78 Å². The van der Waals surface area contributed by atoms with Gasteiger partial charge in [0.05, 0.1) is 12.5 Å². The summed E-state index contributed by atoms with van der Waals surface area (Å²) in [6.07, 6.45) is -2.62. The van der Waals surface area contributed by atoms with Gasteiger partial charge in [-0.15, -0.1) is 0 Å². The molecule has 0 aromatic heterocycles. The van der Waals surface area contributed by atoms with Gasteiger partial charge in [0.25, 0.3) is 0 Å². The summed E-state index contributed by atoms with van der Waals surface area (Å²) in [6, 6.07) is 5.54.